The number of hydrogen-bond donors (Lipinski definition) is 1. The van der Waals surface area contributed by atoms with E-state index in [1.807, 2.05) is 66.7 Å². The highest BCUT2D eigenvalue weighted by atomic mass is 32.1. The Bertz CT molecular complexity index is 1540. The second-order valence-electron chi connectivity index (χ2n) is 8.27. The van der Waals surface area contributed by atoms with Crippen molar-refractivity contribution in [3.05, 3.63) is 105 Å². The number of rotatable bonds is 5. The Labute approximate surface area is 205 Å². The molecular weight excluding hydrogens is 462 g/mol. The van der Waals surface area contributed by atoms with Gasteiger partial charge in [-0.25, -0.2) is 9.78 Å². The van der Waals surface area contributed by atoms with Crippen molar-refractivity contribution in [1.29, 1.82) is 0 Å². The smallest absolute Gasteiger partial charge is 0.348 e. The lowest BCUT2D eigenvalue weighted by molar-refractivity contribution is 0.0531. The van der Waals surface area contributed by atoms with E-state index in [0.717, 1.165) is 22.5 Å². The zero-order valence-corrected chi connectivity index (χ0v) is 20.1. The van der Waals surface area contributed by atoms with Gasteiger partial charge in [-0.05, 0) is 42.2 Å². The minimum atomic E-state index is -1.29. The van der Waals surface area contributed by atoms with Crippen molar-refractivity contribution in [3.8, 4) is 0 Å². The van der Waals surface area contributed by atoms with Crippen LogP contribution in [0.1, 0.15) is 39.7 Å². The van der Waals surface area contributed by atoms with Crippen LogP contribution in [0.3, 0.4) is 0 Å². The molecule has 0 aliphatic heterocycles. The number of aromatic nitrogens is 2. The van der Waals surface area contributed by atoms with Gasteiger partial charge in [0.25, 0.3) is 5.56 Å². The lowest BCUT2D eigenvalue weighted by Gasteiger charge is -2.27. The van der Waals surface area contributed by atoms with Gasteiger partial charge in [-0.1, -0.05) is 60.7 Å². The molecule has 7 nitrogen and oxygen atoms in total. The van der Waals surface area contributed by atoms with E-state index >= 15 is 0 Å². The standard InChI is InChI=1S/C27H23N3O4S/c1-3-34-26(32)23-17(2)22-24(35-23)28-16-30(25(22)31)29-20-14-21(18-10-6-4-7-11-18)27(33,15-20)19-12-8-5-9-13-19/h4-14,16,33H,3,15H2,1-2H3. The lowest BCUT2D eigenvalue weighted by atomic mass is 9.84. The number of benzene rings is 2. The first-order chi connectivity index (χ1) is 16.9. The Balaban J connectivity index is 1.61. The molecule has 0 radical (unpaired) electrons. The van der Waals surface area contributed by atoms with E-state index in [4.69, 9.17) is 4.74 Å². The maximum absolute atomic E-state index is 13.3. The van der Waals surface area contributed by atoms with Crippen LogP contribution < -0.4 is 5.56 Å². The van der Waals surface area contributed by atoms with E-state index in [1.165, 1.54) is 11.0 Å². The molecule has 0 bridgehead atoms. The number of ether oxygens (including phenoxy) is 1. The molecule has 0 spiro atoms. The van der Waals surface area contributed by atoms with Crippen molar-refractivity contribution < 1.29 is 14.6 Å². The quantitative estimate of drug-likeness (QED) is 0.420. The number of fused-ring (bicyclic) bond motifs is 1. The van der Waals surface area contributed by atoms with Crippen LogP contribution in [0.25, 0.3) is 15.8 Å². The molecule has 8 heteroatoms. The molecule has 0 saturated heterocycles. The van der Waals surface area contributed by atoms with Crippen LogP contribution in [0.2, 0.25) is 0 Å². The van der Waals surface area contributed by atoms with Gasteiger partial charge in [0.1, 0.15) is 21.6 Å². The molecule has 176 valence electrons. The summed E-state index contributed by atoms with van der Waals surface area (Å²) in [5, 5.41) is 16.7. The average Bonchev–Trinajstić information content (AvgIpc) is 3.40. The minimum Gasteiger partial charge on any atom is -0.462 e. The highest BCUT2D eigenvalue weighted by molar-refractivity contribution is 7.20. The summed E-state index contributed by atoms with van der Waals surface area (Å²) in [5.74, 6) is -0.468. The predicted molar refractivity (Wildman–Crippen MR) is 137 cm³/mol. The van der Waals surface area contributed by atoms with Crippen LogP contribution in [-0.4, -0.2) is 33.1 Å². The van der Waals surface area contributed by atoms with Gasteiger partial charge in [-0.15, -0.1) is 11.3 Å². The molecule has 4 aromatic rings. The second kappa shape index (κ2) is 9.05. The number of esters is 1. The molecule has 2 heterocycles. The van der Waals surface area contributed by atoms with Crippen molar-refractivity contribution in [1.82, 2.24) is 9.66 Å². The summed E-state index contributed by atoms with van der Waals surface area (Å²) >= 11 is 1.13. The van der Waals surface area contributed by atoms with Crippen molar-refractivity contribution in [2.75, 3.05) is 6.61 Å². The van der Waals surface area contributed by atoms with Crippen LogP contribution in [0.4, 0.5) is 0 Å². The van der Waals surface area contributed by atoms with E-state index in [0.29, 0.717) is 31.9 Å². The molecule has 5 rings (SSSR count). The summed E-state index contributed by atoms with van der Waals surface area (Å²) in [6, 6.07) is 19.1. The molecule has 1 unspecified atom stereocenters. The molecule has 2 aromatic carbocycles. The Kier molecular flexibility index (Phi) is 5.92. The molecule has 1 N–H and O–H groups in total. The number of aliphatic hydroxyl groups is 1. The van der Waals surface area contributed by atoms with Crippen LogP contribution in [-0.2, 0) is 10.3 Å². The van der Waals surface area contributed by atoms with Crippen molar-refractivity contribution >= 4 is 38.8 Å². The SMILES string of the molecule is CCOC(=O)c1sc2ncn(N=C3C=C(c4ccccc4)C(O)(c4ccccc4)C3)c(=O)c2c1C. The van der Waals surface area contributed by atoms with E-state index in [9.17, 15) is 14.7 Å². The van der Waals surface area contributed by atoms with Gasteiger partial charge in [0.15, 0.2) is 0 Å². The van der Waals surface area contributed by atoms with E-state index in [2.05, 4.69) is 10.1 Å². The number of allylic oxidation sites excluding steroid dienone is 1. The summed E-state index contributed by atoms with van der Waals surface area (Å²) in [6.45, 7) is 3.69. The molecule has 0 saturated carbocycles. The fourth-order valence-corrected chi connectivity index (χ4v) is 5.42. The zero-order chi connectivity index (χ0) is 24.6. The van der Waals surface area contributed by atoms with E-state index < -0.39 is 11.6 Å². The van der Waals surface area contributed by atoms with Gasteiger partial charge in [0, 0.05) is 6.42 Å². The fraction of sp³-hybridized carbons (Fsp3) is 0.185. The Hall–Kier alpha value is -3.88. The first-order valence-electron chi connectivity index (χ1n) is 11.2. The third kappa shape index (κ3) is 4.00. The number of aryl methyl sites for hydroxylation is 1. The summed E-state index contributed by atoms with van der Waals surface area (Å²) in [4.78, 5) is 30.8. The van der Waals surface area contributed by atoms with Gasteiger partial charge in [-0.2, -0.15) is 9.78 Å². The number of carbonyl (C=O) groups is 1. The fourth-order valence-electron chi connectivity index (χ4n) is 4.39. The largest absolute Gasteiger partial charge is 0.462 e. The monoisotopic (exact) mass is 485 g/mol. The van der Waals surface area contributed by atoms with Crippen molar-refractivity contribution in [2.45, 2.75) is 25.9 Å². The van der Waals surface area contributed by atoms with Gasteiger partial charge in [0.2, 0.25) is 0 Å². The first-order valence-corrected chi connectivity index (χ1v) is 12.0. The van der Waals surface area contributed by atoms with Crippen molar-refractivity contribution in [3.63, 3.8) is 0 Å². The highest BCUT2D eigenvalue weighted by Gasteiger charge is 2.40. The number of thiophene rings is 1. The third-order valence-electron chi connectivity index (χ3n) is 6.06. The summed E-state index contributed by atoms with van der Waals surface area (Å²) in [5.41, 5.74) is 1.72. The molecule has 0 amide bonds. The first kappa shape index (κ1) is 22.9. The number of nitrogens with zero attached hydrogens (tertiary/aromatic N) is 3. The number of hydrogen-bond acceptors (Lipinski definition) is 7. The molecule has 0 fully saturated rings. The molecular formula is C27H23N3O4S. The minimum absolute atomic E-state index is 0.197. The van der Waals surface area contributed by atoms with Gasteiger partial charge in [0.05, 0.1) is 17.7 Å². The lowest BCUT2D eigenvalue weighted by Crippen LogP contribution is -2.26. The predicted octanol–water partition coefficient (Wildman–Crippen LogP) is 4.52. The highest BCUT2D eigenvalue weighted by Crippen LogP contribution is 2.44. The molecule has 1 aliphatic rings. The Morgan fingerprint density at radius 1 is 1.17 bits per heavy atom. The van der Waals surface area contributed by atoms with Gasteiger partial charge in [-0.3, -0.25) is 4.79 Å². The Morgan fingerprint density at radius 3 is 2.54 bits per heavy atom. The summed E-state index contributed by atoms with van der Waals surface area (Å²) < 4.78 is 6.28. The molecule has 35 heavy (non-hydrogen) atoms. The van der Waals surface area contributed by atoms with Gasteiger partial charge >= 0.3 is 5.97 Å². The van der Waals surface area contributed by atoms with E-state index in [-0.39, 0.29) is 18.6 Å². The molecule has 1 atom stereocenters. The van der Waals surface area contributed by atoms with Crippen LogP contribution in [0, 0.1) is 6.92 Å². The maximum atomic E-state index is 13.3. The Morgan fingerprint density at radius 2 is 1.86 bits per heavy atom. The second-order valence-corrected chi connectivity index (χ2v) is 9.27. The zero-order valence-electron chi connectivity index (χ0n) is 19.3. The average molecular weight is 486 g/mol. The van der Waals surface area contributed by atoms with E-state index in [1.54, 1.807) is 13.8 Å². The summed E-state index contributed by atoms with van der Waals surface area (Å²) in [6.07, 6.45) is 3.37. The summed E-state index contributed by atoms with van der Waals surface area (Å²) in [7, 11) is 0. The normalized spacial score (nSPS) is 18.7. The maximum Gasteiger partial charge on any atom is 0.348 e. The third-order valence-corrected chi connectivity index (χ3v) is 7.24. The number of carbonyl (C=O) groups excluding carboxylic acids is 1. The molecule has 2 aromatic heterocycles. The molecule has 1 aliphatic carbocycles. The van der Waals surface area contributed by atoms with Crippen LogP contribution >= 0.6 is 11.3 Å². The van der Waals surface area contributed by atoms with Gasteiger partial charge < -0.3 is 9.84 Å². The topological polar surface area (TPSA) is 93.8 Å². The van der Waals surface area contributed by atoms with Crippen LogP contribution in [0.15, 0.2) is 83.0 Å². The van der Waals surface area contributed by atoms with Crippen molar-refractivity contribution in [2.24, 2.45) is 5.10 Å². The van der Waals surface area contributed by atoms with Crippen LogP contribution in [0.5, 0.6) is 0 Å².